The fraction of sp³-hybridized carbons (Fsp3) is 0.300. The summed E-state index contributed by atoms with van der Waals surface area (Å²) < 4.78 is 2.26. The molecular weight excluding hydrogens is 310 g/mol. The number of nitrogens with zero attached hydrogens (tertiary/aromatic N) is 4. The Morgan fingerprint density at radius 3 is 2.60 bits per heavy atom. The van der Waals surface area contributed by atoms with Crippen LogP contribution in [-0.4, -0.2) is 45.6 Å². The summed E-state index contributed by atoms with van der Waals surface area (Å²) in [4.78, 5) is 11.6. The molecule has 0 aliphatic carbocycles. The van der Waals surface area contributed by atoms with Gasteiger partial charge in [-0.2, -0.15) is 0 Å². The molecule has 1 saturated heterocycles. The first kappa shape index (κ1) is 16.0. The van der Waals surface area contributed by atoms with Crippen LogP contribution in [0.15, 0.2) is 67.3 Å². The molecule has 1 aliphatic rings. The Labute approximate surface area is 148 Å². The first-order chi connectivity index (χ1) is 12.4. The molecule has 1 N–H and O–H groups in total. The highest BCUT2D eigenvalue weighted by molar-refractivity contribution is 5.24. The molecule has 5 heteroatoms. The molecule has 0 bridgehead atoms. The fourth-order valence-corrected chi connectivity index (χ4v) is 3.48. The van der Waals surface area contributed by atoms with Gasteiger partial charge >= 0.3 is 0 Å². The van der Waals surface area contributed by atoms with Crippen molar-refractivity contribution in [2.45, 2.75) is 12.6 Å². The Kier molecular flexibility index (Phi) is 4.86. The number of piperazine rings is 1. The molecule has 128 valence electrons. The van der Waals surface area contributed by atoms with E-state index in [2.05, 4.69) is 62.4 Å². The van der Waals surface area contributed by atoms with Crippen LogP contribution in [0.2, 0.25) is 0 Å². The predicted molar refractivity (Wildman–Crippen MR) is 98.3 cm³/mol. The van der Waals surface area contributed by atoms with Gasteiger partial charge in [0.25, 0.3) is 0 Å². The Morgan fingerprint density at radius 2 is 1.84 bits per heavy atom. The van der Waals surface area contributed by atoms with Crippen LogP contribution in [0.4, 0.5) is 0 Å². The highest BCUT2D eigenvalue weighted by Crippen LogP contribution is 2.27. The second-order valence-electron chi connectivity index (χ2n) is 6.37. The molecule has 2 aromatic heterocycles. The predicted octanol–water partition coefficient (Wildman–Crippen LogP) is 2.32. The minimum Gasteiger partial charge on any atom is -0.329 e. The van der Waals surface area contributed by atoms with Gasteiger partial charge in [-0.15, -0.1) is 0 Å². The summed E-state index contributed by atoms with van der Waals surface area (Å²) in [5.41, 5.74) is 2.48. The van der Waals surface area contributed by atoms with E-state index in [0.29, 0.717) is 0 Å². The summed E-state index contributed by atoms with van der Waals surface area (Å²) >= 11 is 0. The van der Waals surface area contributed by atoms with Gasteiger partial charge in [-0.05, 0) is 17.2 Å². The Balaban J connectivity index is 1.69. The van der Waals surface area contributed by atoms with Crippen LogP contribution in [0, 0.1) is 0 Å². The van der Waals surface area contributed by atoms with Crippen molar-refractivity contribution in [2.75, 3.05) is 26.2 Å². The van der Waals surface area contributed by atoms with Crippen molar-refractivity contribution < 1.29 is 0 Å². The molecule has 0 amide bonds. The van der Waals surface area contributed by atoms with Crippen molar-refractivity contribution in [1.82, 2.24) is 24.8 Å². The Hall–Kier alpha value is -2.50. The summed E-state index contributed by atoms with van der Waals surface area (Å²) in [5.74, 6) is 1.08. The lowest BCUT2D eigenvalue weighted by atomic mass is 10.1. The maximum atomic E-state index is 4.74. The van der Waals surface area contributed by atoms with Gasteiger partial charge in [-0.3, -0.25) is 9.88 Å². The summed E-state index contributed by atoms with van der Waals surface area (Å²) in [6.45, 7) is 4.88. The van der Waals surface area contributed by atoms with E-state index in [0.717, 1.165) is 38.5 Å². The van der Waals surface area contributed by atoms with E-state index in [1.807, 2.05) is 24.7 Å². The van der Waals surface area contributed by atoms with Crippen LogP contribution >= 0.6 is 0 Å². The number of rotatable bonds is 5. The van der Waals surface area contributed by atoms with Crippen molar-refractivity contribution in [3.63, 3.8) is 0 Å². The first-order valence-corrected chi connectivity index (χ1v) is 8.81. The van der Waals surface area contributed by atoms with Crippen LogP contribution in [0.5, 0.6) is 0 Å². The van der Waals surface area contributed by atoms with Crippen LogP contribution in [-0.2, 0) is 6.54 Å². The number of aromatic nitrogens is 3. The number of imidazole rings is 1. The van der Waals surface area contributed by atoms with E-state index in [9.17, 15) is 0 Å². The largest absolute Gasteiger partial charge is 0.329 e. The van der Waals surface area contributed by atoms with Crippen molar-refractivity contribution >= 4 is 0 Å². The Morgan fingerprint density at radius 1 is 1.00 bits per heavy atom. The van der Waals surface area contributed by atoms with Crippen molar-refractivity contribution in [3.8, 4) is 0 Å². The minimum atomic E-state index is 0.134. The third-order valence-corrected chi connectivity index (χ3v) is 4.70. The van der Waals surface area contributed by atoms with Gasteiger partial charge in [0, 0.05) is 57.5 Å². The monoisotopic (exact) mass is 333 g/mol. The first-order valence-electron chi connectivity index (χ1n) is 8.81. The highest BCUT2D eigenvalue weighted by Gasteiger charge is 2.27. The molecule has 1 fully saturated rings. The molecule has 1 unspecified atom stereocenters. The van der Waals surface area contributed by atoms with Crippen LogP contribution in [0.1, 0.15) is 23.0 Å². The SMILES string of the molecule is c1ccc(Cn2ccnc2C(c2cccnc2)N2CCNCC2)cc1. The Bertz CT molecular complexity index is 778. The van der Waals surface area contributed by atoms with E-state index in [1.54, 1.807) is 0 Å². The molecular formula is C20H23N5. The number of hydrogen-bond acceptors (Lipinski definition) is 4. The molecule has 1 aliphatic heterocycles. The highest BCUT2D eigenvalue weighted by atomic mass is 15.2. The zero-order chi connectivity index (χ0) is 16.9. The van der Waals surface area contributed by atoms with Gasteiger partial charge in [0.05, 0.1) is 6.04 Å². The molecule has 0 radical (unpaired) electrons. The molecule has 3 aromatic rings. The van der Waals surface area contributed by atoms with Gasteiger partial charge in [0.15, 0.2) is 0 Å². The number of pyridine rings is 1. The molecule has 1 atom stereocenters. The zero-order valence-corrected chi connectivity index (χ0v) is 14.3. The van der Waals surface area contributed by atoms with E-state index in [4.69, 9.17) is 4.98 Å². The summed E-state index contributed by atoms with van der Waals surface area (Å²) in [7, 11) is 0. The molecule has 5 nitrogen and oxygen atoms in total. The maximum absolute atomic E-state index is 4.74. The summed E-state index contributed by atoms with van der Waals surface area (Å²) in [6.07, 6.45) is 7.78. The average molecular weight is 333 g/mol. The van der Waals surface area contributed by atoms with E-state index >= 15 is 0 Å². The lowest BCUT2D eigenvalue weighted by Gasteiger charge is -2.34. The van der Waals surface area contributed by atoms with Crippen LogP contribution in [0.3, 0.4) is 0 Å². The van der Waals surface area contributed by atoms with Crippen molar-refractivity contribution in [3.05, 3.63) is 84.2 Å². The molecule has 25 heavy (non-hydrogen) atoms. The molecule has 3 heterocycles. The second kappa shape index (κ2) is 7.59. The third-order valence-electron chi connectivity index (χ3n) is 4.70. The van der Waals surface area contributed by atoms with E-state index in [-0.39, 0.29) is 6.04 Å². The standard InChI is InChI=1S/C20H23N5/c1-2-5-17(6-3-1)16-25-14-11-23-20(25)19(18-7-4-8-22-15-18)24-12-9-21-10-13-24/h1-8,11,14-15,19,21H,9-10,12-13,16H2. The second-order valence-corrected chi connectivity index (χ2v) is 6.37. The van der Waals surface area contributed by atoms with Gasteiger partial charge in [-0.1, -0.05) is 36.4 Å². The normalized spacial score (nSPS) is 16.6. The lowest BCUT2D eigenvalue weighted by Crippen LogP contribution is -2.46. The van der Waals surface area contributed by atoms with Gasteiger partial charge in [0.2, 0.25) is 0 Å². The molecule has 0 spiro atoms. The molecule has 4 rings (SSSR count). The number of nitrogens with one attached hydrogen (secondary N) is 1. The summed E-state index contributed by atoms with van der Waals surface area (Å²) in [6, 6.07) is 14.8. The third kappa shape index (κ3) is 3.62. The van der Waals surface area contributed by atoms with Crippen LogP contribution in [0.25, 0.3) is 0 Å². The lowest BCUT2D eigenvalue weighted by molar-refractivity contribution is 0.189. The van der Waals surface area contributed by atoms with E-state index in [1.165, 1.54) is 11.1 Å². The smallest absolute Gasteiger partial charge is 0.131 e. The van der Waals surface area contributed by atoms with Gasteiger partial charge in [-0.25, -0.2) is 4.98 Å². The zero-order valence-electron chi connectivity index (χ0n) is 14.3. The fourth-order valence-electron chi connectivity index (χ4n) is 3.48. The van der Waals surface area contributed by atoms with Gasteiger partial charge in [0.1, 0.15) is 5.82 Å². The molecule has 0 saturated carbocycles. The van der Waals surface area contributed by atoms with Gasteiger partial charge < -0.3 is 9.88 Å². The van der Waals surface area contributed by atoms with Crippen molar-refractivity contribution in [1.29, 1.82) is 0 Å². The van der Waals surface area contributed by atoms with Crippen molar-refractivity contribution in [2.24, 2.45) is 0 Å². The average Bonchev–Trinajstić information content (AvgIpc) is 3.12. The minimum absolute atomic E-state index is 0.134. The quantitative estimate of drug-likeness (QED) is 0.778. The summed E-state index contributed by atoms with van der Waals surface area (Å²) in [5, 5.41) is 3.44. The van der Waals surface area contributed by atoms with E-state index < -0.39 is 0 Å². The van der Waals surface area contributed by atoms with Crippen LogP contribution < -0.4 is 5.32 Å². The topological polar surface area (TPSA) is 46.0 Å². The number of hydrogen-bond donors (Lipinski definition) is 1. The maximum Gasteiger partial charge on any atom is 0.131 e. The number of benzene rings is 1. The molecule has 1 aromatic carbocycles.